The van der Waals surface area contributed by atoms with Crippen LogP contribution in [-0.4, -0.2) is 32.7 Å². The van der Waals surface area contributed by atoms with Crippen LogP contribution in [0.15, 0.2) is 16.5 Å². The zero-order chi connectivity index (χ0) is 12.7. The molecule has 0 radical (unpaired) electrons. The topological polar surface area (TPSA) is 63.5 Å². The van der Waals surface area contributed by atoms with E-state index in [9.17, 15) is 4.79 Å². The molecule has 0 bridgehead atoms. The lowest BCUT2D eigenvalue weighted by molar-refractivity contribution is -0.120. The molecule has 0 aliphatic carbocycles. The van der Waals surface area contributed by atoms with Crippen LogP contribution in [0.5, 0.6) is 0 Å². The molecule has 1 atom stereocenters. The third-order valence-electron chi connectivity index (χ3n) is 2.39. The van der Waals surface area contributed by atoms with Crippen molar-refractivity contribution in [2.24, 2.45) is 0 Å². The van der Waals surface area contributed by atoms with Gasteiger partial charge < -0.3 is 14.5 Å². The maximum atomic E-state index is 11.4. The second-order valence-corrected chi connectivity index (χ2v) is 3.89. The summed E-state index contributed by atoms with van der Waals surface area (Å²) in [5.41, 5.74) is 0. The van der Waals surface area contributed by atoms with Crippen molar-refractivity contribution in [3.63, 3.8) is 0 Å². The van der Waals surface area contributed by atoms with Gasteiger partial charge in [0.2, 0.25) is 5.91 Å². The highest BCUT2D eigenvalue weighted by atomic mass is 16.5. The van der Waals surface area contributed by atoms with Crippen molar-refractivity contribution in [3.05, 3.63) is 23.7 Å². The van der Waals surface area contributed by atoms with Gasteiger partial charge in [0, 0.05) is 13.7 Å². The predicted molar refractivity (Wildman–Crippen MR) is 64.7 cm³/mol. The Balaban J connectivity index is 2.23. The van der Waals surface area contributed by atoms with E-state index in [4.69, 9.17) is 9.15 Å². The Morgan fingerprint density at radius 3 is 2.88 bits per heavy atom. The molecule has 17 heavy (non-hydrogen) atoms. The second-order valence-electron chi connectivity index (χ2n) is 3.89. The summed E-state index contributed by atoms with van der Waals surface area (Å²) < 4.78 is 10.3. The number of ether oxygens (including phenoxy) is 1. The summed E-state index contributed by atoms with van der Waals surface area (Å²) in [6.45, 7) is 5.18. The van der Waals surface area contributed by atoms with Crippen molar-refractivity contribution in [2.45, 2.75) is 19.9 Å². The highest BCUT2D eigenvalue weighted by molar-refractivity contribution is 5.77. The average molecular weight is 240 g/mol. The molecule has 0 saturated carbocycles. The molecule has 1 rings (SSSR count). The van der Waals surface area contributed by atoms with E-state index in [0.29, 0.717) is 13.2 Å². The predicted octanol–water partition coefficient (Wildman–Crippen LogP) is 1.00. The van der Waals surface area contributed by atoms with Gasteiger partial charge in [-0.2, -0.15) is 0 Å². The molecule has 1 aromatic rings. The van der Waals surface area contributed by atoms with Crippen LogP contribution in [0.3, 0.4) is 0 Å². The van der Waals surface area contributed by atoms with Crippen molar-refractivity contribution in [1.82, 2.24) is 10.6 Å². The van der Waals surface area contributed by atoms with Crippen LogP contribution in [0.2, 0.25) is 0 Å². The lowest BCUT2D eigenvalue weighted by Gasteiger charge is -2.11. The molecular formula is C12H20N2O3. The van der Waals surface area contributed by atoms with Gasteiger partial charge in [0.15, 0.2) is 0 Å². The van der Waals surface area contributed by atoms with E-state index < -0.39 is 0 Å². The number of carbonyl (C=O) groups is 1. The number of nitrogens with one attached hydrogen (secondary N) is 2. The number of furan rings is 1. The van der Waals surface area contributed by atoms with Crippen molar-refractivity contribution < 1.29 is 13.9 Å². The van der Waals surface area contributed by atoms with Gasteiger partial charge in [0.25, 0.3) is 0 Å². The summed E-state index contributed by atoms with van der Waals surface area (Å²) in [5.74, 6) is 1.67. The molecule has 1 aromatic heterocycles. The molecule has 1 amide bonds. The average Bonchev–Trinajstić information content (AvgIpc) is 2.73. The molecule has 1 unspecified atom stereocenters. The van der Waals surface area contributed by atoms with Crippen LogP contribution < -0.4 is 10.6 Å². The van der Waals surface area contributed by atoms with Crippen molar-refractivity contribution in [3.8, 4) is 0 Å². The minimum Gasteiger partial charge on any atom is -0.465 e. The zero-order valence-corrected chi connectivity index (χ0v) is 10.6. The maximum absolute atomic E-state index is 11.4. The first-order valence-electron chi connectivity index (χ1n) is 5.69. The van der Waals surface area contributed by atoms with Crippen LogP contribution >= 0.6 is 0 Å². The third kappa shape index (κ3) is 5.01. The largest absolute Gasteiger partial charge is 0.465 e. The molecule has 0 fully saturated rings. The van der Waals surface area contributed by atoms with E-state index in [0.717, 1.165) is 11.5 Å². The maximum Gasteiger partial charge on any atom is 0.234 e. The molecule has 2 N–H and O–H groups in total. The fourth-order valence-electron chi connectivity index (χ4n) is 1.39. The van der Waals surface area contributed by atoms with Gasteiger partial charge in [-0.1, -0.05) is 0 Å². The van der Waals surface area contributed by atoms with Crippen molar-refractivity contribution in [2.75, 3.05) is 26.8 Å². The molecule has 0 aliphatic heterocycles. The molecule has 5 nitrogen and oxygen atoms in total. The standard InChI is InChI=1S/C12H20N2O3/c1-9-4-5-11(17-9)10(2)14-8-12(15)13-6-7-16-3/h4-5,10,14H,6-8H2,1-3H3,(H,13,15). The fourth-order valence-corrected chi connectivity index (χ4v) is 1.39. The number of methoxy groups -OCH3 is 1. The fraction of sp³-hybridized carbons (Fsp3) is 0.583. The van der Waals surface area contributed by atoms with E-state index in [-0.39, 0.29) is 18.5 Å². The second kappa shape index (κ2) is 7.09. The van der Waals surface area contributed by atoms with Crippen LogP contribution in [-0.2, 0) is 9.53 Å². The van der Waals surface area contributed by atoms with E-state index in [1.807, 2.05) is 26.0 Å². The molecule has 0 saturated heterocycles. The van der Waals surface area contributed by atoms with Crippen LogP contribution in [0.4, 0.5) is 0 Å². The molecule has 0 aliphatic rings. The Morgan fingerprint density at radius 1 is 1.53 bits per heavy atom. The summed E-state index contributed by atoms with van der Waals surface area (Å²) in [5, 5.41) is 5.83. The van der Waals surface area contributed by atoms with E-state index in [1.165, 1.54) is 0 Å². The van der Waals surface area contributed by atoms with Gasteiger partial charge >= 0.3 is 0 Å². The van der Waals surface area contributed by atoms with Crippen LogP contribution in [0.1, 0.15) is 24.5 Å². The Morgan fingerprint density at radius 2 is 2.29 bits per heavy atom. The van der Waals surface area contributed by atoms with Gasteiger partial charge in [0.05, 0.1) is 19.2 Å². The third-order valence-corrected chi connectivity index (χ3v) is 2.39. The van der Waals surface area contributed by atoms with Crippen LogP contribution in [0.25, 0.3) is 0 Å². The van der Waals surface area contributed by atoms with Crippen molar-refractivity contribution in [1.29, 1.82) is 0 Å². The number of hydrogen-bond acceptors (Lipinski definition) is 4. The normalized spacial score (nSPS) is 12.4. The van der Waals surface area contributed by atoms with Crippen molar-refractivity contribution >= 4 is 5.91 Å². The molecule has 96 valence electrons. The smallest absolute Gasteiger partial charge is 0.234 e. The SMILES string of the molecule is COCCNC(=O)CNC(C)c1ccc(C)o1. The summed E-state index contributed by atoms with van der Waals surface area (Å²) in [6, 6.07) is 3.85. The minimum absolute atomic E-state index is 0.0249. The summed E-state index contributed by atoms with van der Waals surface area (Å²) in [7, 11) is 1.60. The Hall–Kier alpha value is -1.33. The summed E-state index contributed by atoms with van der Waals surface area (Å²) in [6.07, 6.45) is 0. The number of aryl methyl sites for hydroxylation is 1. The lowest BCUT2D eigenvalue weighted by Crippen LogP contribution is -2.36. The van der Waals surface area contributed by atoms with Gasteiger partial charge in [0.1, 0.15) is 11.5 Å². The summed E-state index contributed by atoms with van der Waals surface area (Å²) >= 11 is 0. The van der Waals surface area contributed by atoms with Gasteiger partial charge in [-0.25, -0.2) is 0 Å². The number of rotatable bonds is 7. The molecule has 0 aromatic carbocycles. The van der Waals surface area contributed by atoms with Gasteiger partial charge in [-0.3, -0.25) is 10.1 Å². The first kappa shape index (κ1) is 13.7. The number of carbonyl (C=O) groups excluding carboxylic acids is 1. The minimum atomic E-state index is -0.0443. The Kier molecular flexibility index (Phi) is 5.72. The lowest BCUT2D eigenvalue weighted by atomic mass is 10.2. The zero-order valence-electron chi connectivity index (χ0n) is 10.6. The van der Waals surface area contributed by atoms with Gasteiger partial charge in [-0.05, 0) is 26.0 Å². The molecule has 1 heterocycles. The van der Waals surface area contributed by atoms with Crippen LogP contribution in [0, 0.1) is 6.92 Å². The highest BCUT2D eigenvalue weighted by Gasteiger charge is 2.10. The van der Waals surface area contributed by atoms with E-state index in [1.54, 1.807) is 7.11 Å². The quantitative estimate of drug-likeness (QED) is 0.698. The number of amides is 1. The van der Waals surface area contributed by atoms with E-state index >= 15 is 0 Å². The Labute approximate surface area is 102 Å². The highest BCUT2D eigenvalue weighted by Crippen LogP contribution is 2.14. The van der Waals surface area contributed by atoms with Gasteiger partial charge in [-0.15, -0.1) is 0 Å². The molecular weight excluding hydrogens is 220 g/mol. The van der Waals surface area contributed by atoms with E-state index in [2.05, 4.69) is 10.6 Å². The molecule has 5 heteroatoms. The summed E-state index contributed by atoms with van der Waals surface area (Å²) in [4.78, 5) is 11.4. The monoisotopic (exact) mass is 240 g/mol. The first-order valence-corrected chi connectivity index (χ1v) is 5.69. The number of hydrogen-bond donors (Lipinski definition) is 2. The molecule has 0 spiro atoms. The Bertz CT molecular complexity index is 349. The first-order chi connectivity index (χ1) is 8.13.